The minimum absolute atomic E-state index is 0.189. The van der Waals surface area contributed by atoms with Gasteiger partial charge in [0.2, 0.25) is 0 Å². The predicted octanol–water partition coefficient (Wildman–Crippen LogP) is 4.94. The van der Waals surface area contributed by atoms with E-state index in [1.807, 2.05) is 49.4 Å². The zero-order chi connectivity index (χ0) is 26.1. The molecule has 0 unspecified atom stereocenters. The van der Waals surface area contributed by atoms with Gasteiger partial charge in [-0.1, -0.05) is 25.1 Å². The number of nitrogens with zero attached hydrogens (tertiary/aromatic N) is 2. The topological polar surface area (TPSA) is 98.2 Å². The molecule has 5 aromatic rings. The molecular weight excluding hydrogens is 468 g/mol. The van der Waals surface area contributed by atoms with Gasteiger partial charge >= 0.3 is 0 Å². The Kier molecular flexibility index (Phi) is 6.40. The Labute approximate surface area is 213 Å². The Morgan fingerprint density at radius 2 is 1.76 bits per heavy atom. The summed E-state index contributed by atoms with van der Waals surface area (Å²) in [6.07, 6.45) is 2.50. The van der Waals surface area contributed by atoms with Crippen molar-refractivity contribution in [3.05, 3.63) is 93.9 Å². The van der Waals surface area contributed by atoms with E-state index in [-0.39, 0.29) is 17.5 Å². The Morgan fingerprint density at radius 1 is 1.00 bits per heavy atom. The summed E-state index contributed by atoms with van der Waals surface area (Å²) >= 11 is 0. The number of aryl methyl sites for hydroxylation is 1. The molecule has 0 saturated heterocycles. The summed E-state index contributed by atoms with van der Waals surface area (Å²) in [5, 5.41) is 7.42. The minimum Gasteiger partial charge on any atom is -0.493 e. The number of benzene rings is 3. The second-order valence-corrected chi connectivity index (χ2v) is 8.86. The molecule has 5 rings (SSSR count). The number of amides is 1. The van der Waals surface area contributed by atoms with E-state index in [1.165, 1.54) is 10.2 Å². The Morgan fingerprint density at radius 3 is 2.46 bits per heavy atom. The van der Waals surface area contributed by atoms with Crippen molar-refractivity contribution in [2.45, 2.75) is 26.3 Å². The highest BCUT2D eigenvalue weighted by atomic mass is 16.5. The lowest BCUT2D eigenvalue weighted by Crippen LogP contribution is -2.26. The number of ether oxygens (including phenoxy) is 2. The van der Waals surface area contributed by atoms with Crippen LogP contribution in [0.5, 0.6) is 11.5 Å². The van der Waals surface area contributed by atoms with E-state index in [1.54, 1.807) is 38.6 Å². The molecule has 0 aliphatic rings. The van der Waals surface area contributed by atoms with E-state index in [4.69, 9.17) is 9.47 Å². The van der Waals surface area contributed by atoms with Gasteiger partial charge in [-0.15, -0.1) is 0 Å². The molecule has 0 aliphatic heterocycles. The van der Waals surface area contributed by atoms with Crippen LogP contribution in [0.3, 0.4) is 0 Å². The third-order valence-corrected chi connectivity index (χ3v) is 6.65. The number of H-pyrrole nitrogens is 1. The Bertz CT molecular complexity index is 1670. The Balaban J connectivity index is 1.48. The van der Waals surface area contributed by atoms with Crippen molar-refractivity contribution in [1.82, 2.24) is 20.1 Å². The van der Waals surface area contributed by atoms with Crippen molar-refractivity contribution in [1.29, 1.82) is 0 Å². The molecule has 0 spiro atoms. The quantitative estimate of drug-likeness (QED) is 0.333. The van der Waals surface area contributed by atoms with Crippen LogP contribution in [0.2, 0.25) is 0 Å². The molecule has 2 N–H and O–H groups in total. The lowest BCUT2D eigenvalue weighted by Gasteiger charge is -2.17. The number of carbonyl (C=O) groups excluding carboxylic acids is 1. The predicted molar refractivity (Wildman–Crippen MR) is 144 cm³/mol. The van der Waals surface area contributed by atoms with Crippen molar-refractivity contribution in [3.8, 4) is 17.2 Å². The summed E-state index contributed by atoms with van der Waals surface area (Å²) in [6.45, 7) is 3.99. The fourth-order valence-corrected chi connectivity index (χ4v) is 4.45. The van der Waals surface area contributed by atoms with E-state index < -0.39 is 0 Å². The normalized spacial score (nSPS) is 12.0. The van der Waals surface area contributed by atoms with Crippen LogP contribution in [0.25, 0.3) is 27.5 Å². The van der Waals surface area contributed by atoms with Crippen LogP contribution in [-0.2, 0) is 6.42 Å². The average molecular weight is 497 g/mol. The van der Waals surface area contributed by atoms with E-state index in [2.05, 4.69) is 22.3 Å². The van der Waals surface area contributed by atoms with Gasteiger partial charge < -0.3 is 14.8 Å². The van der Waals surface area contributed by atoms with Crippen LogP contribution in [-0.4, -0.2) is 34.9 Å². The summed E-state index contributed by atoms with van der Waals surface area (Å²) in [4.78, 5) is 30.8. The van der Waals surface area contributed by atoms with E-state index in [0.717, 1.165) is 17.7 Å². The van der Waals surface area contributed by atoms with Gasteiger partial charge in [-0.05, 0) is 66.9 Å². The maximum atomic E-state index is 13.2. The molecule has 188 valence electrons. The van der Waals surface area contributed by atoms with Gasteiger partial charge in [-0.2, -0.15) is 0 Å². The van der Waals surface area contributed by atoms with Crippen molar-refractivity contribution < 1.29 is 14.3 Å². The smallest absolute Gasteiger partial charge is 0.280 e. The van der Waals surface area contributed by atoms with Crippen LogP contribution in [0.15, 0.2) is 71.7 Å². The number of aromatic nitrogens is 3. The zero-order valence-corrected chi connectivity index (χ0v) is 21.2. The summed E-state index contributed by atoms with van der Waals surface area (Å²) < 4.78 is 12.2. The molecular formula is C29H28N4O4. The van der Waals surface area contributed by atoms with Crippen molar-refractivity contribution >= 4 is 27.7 Å². The largest absolute Gasteiger partial charge is 0.493 e. The summed E-state index contributed by atoms with van der Waals surface area (Å²) in [7, 11) is 3.16. The van der Waals surface area contributed by atoms with Gasteiger partial charge in [0.1, 0.15) is 0 Å². The first kappa shape index (κ1) is 24.1. The van der Waals surface area contributed by atoms with Gasteiger partial charge in [0.15, 0.2) is 11.5 Å². The number of fused-ring (bicyclic) bond motifs is 3. The highest BCUT2D eigenvalue weighted by Crippen LogP contribution is 2.30. The maximum Gasteiger partial charge on any atom is 0.280 e. The molecule has 37 heavy (non-hydrogen) atoms. The fourth-order valence-electron chi connectivity index (χ4n) is 4.45. The second-order valence-electron chi connectivity index (χ2n) is 8.86. The fraction of sp³-hybridized carbons (Fsp3) is 0.207. The third-order valence-electron chi connectivity index (χ3n) is 6.65. The standard InChI is InChI=1S/C29H28N4O4/c1-5-18-6-10-21(11-7-18)33-29(35)23-16-30-24-12-8-20(14-22(24)27(23)32-33)28(34)31-17(2)19-9-13-25(36-3)26(15-19)37-4/h6-17,32H,5H2,1-4H3,(H,31,34)/t17-/m0/s1. The highest BCUT2D eigenvalue weighted by Gasteiger charge is 2.17. The van der Waals surface area contributed by atoms with Crippen LogP contribution in [0.4, 0.5) is 0 Å². The molecule has 0 saturated carbocycles. The third kappa shape index (κ3) is 4.42. The first-order valence-corrected chi connectivity index (χ1v) is 12.1. The molecule has 2 aromatic heterocycles. The molecule has 0 bridgehead atoms. The summed E-state index contributed by atoms with van der Waals surface area (Å²) in [5.41, 5.74) is 4.41. The summed E-state index contributed by atoms with van der Waals surface area (Å²) in [6, 6.07) is 18.4. The number of rotatable bonds is 7. The molecule has 3 aromatic carbocycles. The number of hydrogen-bond acceptors (Lipinski definition) is 5. The van der Waals surface area contributed by atoms with E-state index >= 15 is 0 Å². The molecule has 0 radical (unpaired) electrons. The first-order valence-electron chi connectivity index (χ1n) is 12.1. The van der Waals surface area contributed by atoms with Gasteiger partial charge in [0, 0.05) is 17.1 Å². The van der Waals surface area contributed by atoms with Crippen molar-refractivity contribution in [3.63, 3.8) is 0 Å². The molecule has 1 atom stereocenters. The molecule has 1 amide bonds. The number of aromatic amines is 1. The van der Waals surface area contributed by atoms with Crippen molar-refractivity contribution in [2.24, 2.45) is 0 Å². The van der Waals surface area contributed by atoms with Gasteiger partial charge in [0.05, 0.1) is 42.4 Å². The van der Waals surface area contributed by atoms with Crippen LogP contribution < -0.4 is 20.3 Å². The number of hydrogen-bond donors (Lipinski definition) is 2. The van der Waals surface area contributed by atoms with Gasteiger partial charge in [-0.25, -0.2) is 4.68 Å². The zero-order valence-electron chi connectivity index (χ0n) is 21.2. The van der Waals surface area contributed by atoms with Crippen LogP contribution in [0.1, 0.15) is 41.4 Å². The van der Waals surface area contributed by atoms with E-state index in [9.17, 15) is 9.59 Å². The molecule has 2 heterocycles. The van der Waals surface area contributed by atoms with Crippen molar-refractivity contribution in [2.75, 3.05) is 14.2 Å². The van der Waals surface area contributed by atoms with Gasteiger partial charge in [-0.3, -0.25) is 19.7 Å². The monoisotopic (exact) mass is 496 g/mol. The first-order chi connectivity index (χ1) is 17.9. The Hall–Kier alpha value is -4.59. The lowest BCUT2D eigenvalue weighted by molar-refractivity contribution is 0.0940. The number of pyridine rings is 1. The van der Waals surface area contributed by atoms with Crippen LogP contribution in [0, 0.1) is 0 Å². The van der Waals surface area contributed by atoms with Gasteiger partial charge in [0.25, 0.3) is 11.5 Å². The SMILES string of the molecule is CCc1ccc(-n2[nH]c3c(cnc4ccc(C(=O)N[C@@H](C)c5ccc(OC)c(OC)c5)cc43)c2=O)cc1. The molecule has 0 aliphatic carbocycles. The minimum atomic E-state index is -0.274. The lowest BCUT2D eigenvalue weighted by atomic mass is 10.1. The van der Waals surface area contributed by atoms with E-state index in [0.29, 0.717) is 38.9 Å². The number of methoxy groups -OCH3 is 2. The molecule has 8 heteroatoms. The number of carbonyl (C=O) groups is 1. The highest BCUT2D eigenvalue weighted by molar-refractivity contribution is 6.06. The second kappa shape index (κ2) is 9.81. The number of nitrogens with one attached hydrogen (secondary N) is 2. The molecule has 0 fully saturated rings. The maximum absolute atomic E-state index is 13.2. The molecule has 8 nitrogen and oxygen atoms in total. The van der Waals surface area contributed by atoms with Crippen LogP contribution >= 0.6 is 0 Å². The summed E-state index contributed by atoms with van der Waals surface area (Å²) in [5.74, 6) is 0.981. The average Bonchev–Trinajstić information content (AvgIpc) is 3.28.